The van der Waals surface area contributed by atoms with Gasteiger partial charge in [-0.15, -0.1) is 0 Å². The van der Waals surface area contributed by atoms with Crippen molar-refractivity contribution < 1.29 is 24.2 Å². The van der Waals surface area contributed by atoms with Crippen LogP contribution in [0.4, 0.5) is 5.69 Å². The molecule has 4 atom stereocenters. The van der Waals surface area contributed by atoms with Gasteiger partial charge in [0.05, 0.1) is 29.7 Å². The lowest BCUT2D eigenvalue weighted by Crippen LogP contribution is -2.41. The standard InChI is InChI=1S/C18H26N4O5/c1-4-22-8-10(15(21-22)17(24)19-7-9(2)3)20-16(23)13-11-5-6-12(27-11)14(13)18(25)26/h8-9,11-14H,4-7H2,1-3H3,(H,19,24)(H,20,23)(H,25,26)/t11-,12-,13+,14+/m1/s1. The first-order valence-electron chi connectivity index (χ1n) is 9.36. The lowest BCUT2D eigenvalue weighted by Gasteiger charge is -2.23. The Morgan fingerprint density at radius 1 is 1.30 bits per heavy atom. The van der Waals surface area contributed by atoms with Crippen LogP contribution in [-0.2, 0) is 20.9 Å². The smallest absolute Gasteiger partial charge is 0.310 e. The van der Waals surface area contributed by atoms with Gasteiger partial charge in [-0.2, -0.15) is 5.10 Å². The molecule has 2 aliphatic heterocycles. The van der Waals surface area contributed by atoms with Gasteiger partial charge in [-0.1, -0.05) is 13.8 Å². The van der Waals surface area contributed by atoms with E-state index >= 15 is 0 Å². The maximum atomic E-state index is 12.8. The lowest BCUT2D eigenvalue weighted by molar-refractivity contribution is -0.147. The summed E-state index contributed by atoms with van der Waals surface area (Å²) in [5.74, 6) is -3.18. The molecule has 9 nitrogen and oxygen atoms in total. The average Bonchev–Trinajstić information content (AvgIpc) is 3.32. The zero-order chi connectivity index (χ0) is 19.7. The molecule has 1 aromatic rings. The van der Waals surface area contributed by atoms with E-state index in [1.807, 2.05) is 20.8 Å². The van der Waals surface area contributed by atoms with Crippen molar-refractivity contribution in [3.8, 4) is 0 Å². The monoisotopic (exact) mass is 378 g/mol. The van der Waals surface area contributed by atoms with E-state index < -0.39 is 35.9 Å². The van der Waals surface area contributed by atoms with Crippen LogP contribution in [0.2, 0.25) is 0 Å². The summed E-state index contributed by atoms with van der Waals surface area (Å²) < 4.78 is 7.21. The molecule has 148 valence electrons. The molecule has 0 spiro atoms. The maximum absolute atomic E-state index is 12.8. The topological polar surface area (TPSA) is 123 Å². The molecule has 0 aromatic carbocycles. The maximum Gasteiger partial charge on any atom is 0.310 e. The van der Waals surface area contributed by atoms with E-state index in [-0.39, 0.29) is 23.2 Å². The number of carboxylic acid groups (broad SMARTS) is 1. The van der Waals surface area contributed by atoms with Crippen LogP contribution in [0, 0.1) is 17.8 Å². The highest BCUT2D eigenvalue weighted by atomic mass is 16.5. The van der Waals surface area contributed by atoms with E-state index in [1.54, 1.807) is 10.9 Å². The Balaban J connectivity index is 1.78. The fourth-order valence-corrected chi connectivity index (χ4v) is 3.76. The van der Waals surface area contributed by atoms with Gasteiger partial charge < -0.3 is 20.5 Å². The molecule has 2 saturated heterocycles. The number of carboxylic acids is 1. The van der Waals surface area contributed by atoms with Gasteiger partial charge in [-0.05, 0) is 25.7 Å². The predicted molar refractivity (Wildman–Crippen MR) is 96.2 cm³/mol. The van der Waals surface area contributed by atoms with Gasteiger partial charge in [-0.25, -0.2) is 0 Å². The molecule has 2 aliphatic rings. The lowest BCUT2D eigenvalue weighted by atomic mass is 9.78. The van der Waals surface area contributed by atoms with Crippen LogP contribution >= 0.6 is 0 Å². The van der Waals surface area contributed by atoms with Crippen molar-refractivity contribution in [1.29, 1.82) is 0 Å². The van der Waals surface area contributed by atoms with Crippen molar-refractivity contribution in [2.75, 3.05) is 11.9 Å². The number of nitrogens with zero attached hydrogens (tertiary/aromatic N) is 2. The minimum Gasteiger partial charge on any atom is -0.481 e. The summed E-state index contributed by atoms with van der Waals surface area (Å²) in [4.78, 5) is 36.9. The first-order valence-corrected chi connectivity index (χ1v) is 9.36. The first kappa shape index (κ1) is 19.3. The predicted octanol–water partition coefficient (Wildman–Crippen LogP) is 1.11. The molecule has 9 heteroatoms. The number of rotatable bonds is 7. The van der Waals surface area contributed by atoms with Gasteiger partial charge >= 0.3 is 5.97 Å². The molecule has 0 radical (unpaired) electrons. The number of hydrogen-bond donors (Lipinski definition) is 3. The molecule has 3 rings (SSSR count). The normalized spacial score (nSPS) is 26.4. The second kappa shape index (κ2) is 7.67. The SMILES string of the molecule is CCn1cc(NC(=O)[C@@H]2[C@@H](C(=O)O)[C@H]3CC[C@H]2O3)c(C(=O)NCC(C)C)n1. The summed E-state index contributed by atoms with van der Waals surface area (Å²) in [6.07, 6.45) is 2.10. The molecule has 0 aliphatic carbocycles. The van der Waals surface area contributed by atoms with E-state index in [2.05, 4.69) is 15.7 Å². The van der Waals surface area contributed by atoms with Gasteiger partial charge in [0, 0.05) is 19.3 Å². The number of ether oxygens (including phenoxy) is 1. The Morgan fingerprint density at radius 3 is 2.56 bits per heavy atom. The highest BCUT2D eigenvalue weighted by Crippen LogP contribution is 2.44. The molecule has 0 saturated carbocycles. The van der Waals surface area contributed by atoms with Crippen molar-refractivity contribution in [3.63, 3.8) is 0 Å². The fourth-order valence-electron chi connectivity index (χ4n) is 3.76. The molecule has 3 N–H and O–H groups in total. The van der Waals surface area contributed by atoms with Crippen LogP contribution in [0.15, 0.2) is 6.20 Å². The highest BCUT2D eigenvalue weighted by molar-refractivity contribution is 6.03. The van der Waals surface area contributed by atoms with Gasteiger partial charge in [-0.3, -0.25) is 19.1 Å². The van der Waals surface area contributed by atoms with Crippen LogP contribution in [0.5, 0.6) is 0 Å². The third-order valence-electron chi connectivity index (χ3n) is 5.09. The Bertz CT molecular complexity index is 744. The van der Waals surface area contributed by atoms with E-state index in [1.165, 1.54) is 0 Å². The minimum absolute atomic E-state index is 0.127. The largest absolute Gasteiger partial charge is 0.481 e. The minimum atomic E-state index is -1.03. The van der Waals surface area contributed by atoms with E-state index in [0.717, 1.165) is 0 Å². The van der Waals surface area contributed by atoms with Gasteiger partial charge in [0.2, 0.25) is 5.91 Å². The van der Waals surface area contributed by atoms with Crippen LogP contribution < -0.4 is 10.6 Å². The van der Waals surface area contributed by atoms with Crippen molar-refractivity contribution in [2.45, 2.75) is 52.4 Å². The molecule has 0 unspecified atom stereocenters. The number of nitrogens with one attached hydrogen (secondary N) is 2. The molecule has 3 heterocycles. The number of aliphatic carboxylic acids is 1. The summed E-state index contributed by atoms with van der Waals surface area (Å²) in [6, 6.07) is 0. The second-order valence-electron chi connectivity index (χ2n) is 7.52. The molecule has 1 aromatic heterocycles. The van der Waals surface area contributed by atoms with Crippen molar-refractivity contribution in [2.24, 2.45) is 17.8 Å². The number of hydrogen-bond acceptors (Lipinski definition) is 5. The summed E-state index contributed by atoms with van der Waals surface area (Å²) in [5.41, 5.74) is 0.414. The molecular formula is C18H26N4O5. The summed E-state index contributed by atoms with van der Waals surface area (Å²) >= 11 is 0. The Hall–Kier alpha value is -2.42. The Morgan fingerprint density at radius 2 is 1.96 bits per heavy atom. The number of carbonyl (C=O) groups is 3. The average molecular weight is 378 g/mol. The third kappa shape index (κ3) is 3.83. The Kier molecular flexibility index (Phi) is 5.50. The van der Waals surface area contributed by atoms with Crippen LogP contribution in [-0.4, -0.2) is 51.4 Å². The van der Waals surface area contributed by atoms with Crippen LogP contribution in [0.25, 0.3) is 0 Å². The molecule has 2 bridgehead atoms. The van der Waals surface area contributed by atoms with Crippen LogP contribution in [0.1, 0.15) is 44.1 Å². The van der Waals surface area contributed by atoms with E-state index in [0.29, 0.717) is 25.9 Å². The van der Waals surface area contributed by atoms with Crippen molar-refractivity contribution in [1.82, 2.24) is 15.1 Å². The van der Waals surface area contributed by atoms with Crippen molar-refractivity contribution >= 4 is 23.5 Å². The fraction of sp³-hybridized carbons (Fsp3) is 0.667. The highest BCUT2D eigenvalue weighted by Gasteiger charge is 2.55. The molecule has 27 heavy (non-hydrogen) atoms. The quantitative estimate of drug-likeness (QED) is 0.653. The number of aryl methyl sites for hydroxylation is 1. The number of carbonyl (C=O) groups excluding carboxylic acids is 2. The zero-order valence-corrected chi connectivity index (χ0v) is 15.8. The third-order valence-corrected chi connectivity index (χ3v) is 5.09. The Labute approximate surface area is 157 Å². The van der Waals surface area contributed by atoms with Gasteiger partial charge in [0.25, 0.3) is 5.91 Å². The number of fused-ring (bicyclic) bond motifs is 2. The molecule has 2 amide bonds. The van der Waals surface area contributed by atoms with Crippen molar-refractivity contribution in [3.05, 3.63) is 11.9 Å². The summed E-state index contributed by atoms with van der Waals surface area (Å²) in [6.45, 7) is 6.87. The summed E-state index contributed by atoms with van der Waals surface area (Å²) in [5, 5.41) is 19.2. The number of aromatic nitrogens is 2. The number of amides is 2. The molecular weight excluding hydrogens is 352 g/mol. The first-order chi connectivity index (χ1) is 12.8. The zero-order valence-electron chi connectivity index (χ0n) is 15.8. The summed E-state index contributed by atoms with van der Waals surface area (Å²) in [7, 11) is 0. The van der Waals surface area contributed by atoms with E-state index in [9.17, 15) is 19.5 Å². The van der Waals surface area contributed by atoms with Gasteiger partial charge in [0.15, 0.2) is 5.69 Å². The van der Waals surface area contributed by atoms with E-state index in [4.69, 9.17) is 4.74 Å². The van der Waals surface area contributed by atoms with Crippen LogP contribution in [0.3, 0.4) is 0 Å². The van der Waals surface area contributed by atoms with Gasteiger partial charge in [0.1, 0.15) is 0 Å². The molecule has 2 fully saturated rings. The second-order valence-corrected chi connectivity index (χ2v) is 7.52. The number of anilines is 1.